The second-order valence-corrected chi connectivity index (χ2v) is 8.55. The number of benzene rings is 3. The highest BCUT2D eigenvalue weighted by molar-refractivity contribution is 6.31. The van der Waals surface area contributed by atoms with Crippen LogP contribution in [-0.4, -0.2) is 20.0 Å². The monoisotopic (exact) mass is 474 g/mol. The number of fused-ring (bicyclic) bond motifs is 3. The highest BCUT2D eigenvalue weighted by atomic mass is 35.5. The number of hydrogen-bond donors (Lipinski definition) is 1. The van der Waals surface area contributed by atoms with E-state index in [1.807, 2.05) is 55.5 Å². The third kappa shape index (κ3) is 4.06. The minimum absolute atomic E-state index is 0.0851. The number of carbonyl (C=O) groups excluding carboxylic acids is 1. The first-order valence-electron chi connectivity index (χ1n) is 10.7. The fourth-order valence-corrected chi connectivity index (χ4v) is 4.27. The van der Waals surface area contributed by atoms with Crippen molar-refractivity contribution in [1.29, 1.82) is 0 Å². The molecule has 6 nitrogen and oxygen atoms in total. The molecular weight excluding hydrogens is 455 g/mol. The molecule has 0 radical (unpaired) electrons. The zero-order valence-electron chi connectivity index (χ0n) is 18.3. The third-order valence-corrected chi connectivity index (χ3v) is 5.97. The lowest BCUT2D eigenvalue weighted by molar-refractivity contribution is -0.116. The highest BCUT2D eigenvalue weighted by Crippen LogP contribution is 2.27. The first-order chi connectivity index (χ1) is 16.4. The van der Waals surface area contributed by atoms with E-state index in [-0.39, 0.29) is 23.0 Å². The van der Waals surface area contributed by atoms with Gasteiger partial charge in [-0.1, -0.05) is 53.6 Å². The first-order valence-corrected chi connectivity index (χ1v) is 11.1. The van der Waals surface area contributed by atoms with Crippen molar-refractivity contribution in [1.82, 2.24) is 14.1 Å². The SMILES string of the molecule is Cc1ccc2c(c1)c1ncn(Cc3ccccc3)c(=O)c1n2CC(=O)Nc1ccc(F)c(Cl)c1. The Labute approximate surface area is 199 Å². The molecule has 2 heterocycles. The lowest BCUT2D eigenvalue weighted by Gasteiger charge is -2.10. The van der Waals surface area contributed by atoms with Gasteiger partial charge >= 0.3 is 0 Å². The molecule has 0 aliphatic heterocycles. The molecule has 0 saturated heterocycles. The average Bonchev–Trinajstić information content (AvgIpc) is 3.12. The van der Waals surface area contributed by atoms with Crippen molar-refractivity contribution < 1.29 is 9.18 Å². The molecule has 170 valence electrons. The molecule has 1 amide bonds. The van der Waals surface area contributed by atoms with E-state index < -0.39 is 5.82 Å². The summed E-state index contributed by atoms with van der Waals surface area (Å²) in [5, 5.41) is 3.44. The van der Waals surface area contributed by atoms with Crippen LogP contribution >= 0.6 is 11.6 Å². The predicted octanol–water partition coefficient (Wildman–Crippen LogP) is 5.14. The largest absolute Gasteiger partial charge is 0.325 e. The van der Waals surface area contributed by atoms with Gasteiger partial charge < -0.3 is 9.88 Å². The Morgan fingerprint density at radius 1 is 1.09 bits per heavy atom. The molecule has 0 spiro atoms. The number of amides is 1. The molecule has 8 heteroatoms. The normalized spacial score (nSPS) is 11.3. The van der Waals surface area contributed by atoms with Gasteiger partial charge in [0.1, 0.15) is 23.4 Å². The van der Waals surface area contributed by atoms with Crippen LogP contribution in [-0.2, 0) is 17.9 Å². The van der Waals surface area contributed by atoms with Crippen LogP contribution < -0.4 is 10.9 Å². The van der Waals surface area contributed by atoms with Crippen molar-refractivity contribution in [3.05, 3.63) is 105 Å². The van der Waals surface area contributed by atoms with Crippen molar-refractivity contribution >= 4 is 45.1 Å². The molecule has 0 aliphatic carbocycles. The van der Waals surface area contributed by atoms with Gasteiger partial charge in [-0.25, -0.2) is 9.37 Å². The molecule has 5 rings (SSSR count). The van der Waals surface area contributed by atoms with Gasteiger partial charge in [0.05, 0.1) is 23.4 Å². The van der Waals surface area contributed by atoms with Crippen molar-refractivity contribution in [3.8, 4) is 0 Å². The topological polar surface area (TPSA) is 68.9 Å². The van der Waals surface area contributed by atoms with Gasteiger partial charge in [-0.2, -0.15) is 0 Å². The van der Waals surface area contributed by atoms with Crippen LogP contribution in [0.25, 0.3) is 21.9 Å². The summed E-state index contributed by atoms with van der Waals surface area (Å²) in [6, 6.07) is 19.4. The van der Waals surface area contributed by atoms with Crippen LogP contribution in [0, 0.1) is 12.7 Å². The lowest BCUT2D eigenvalue weighted by atomic mass is 10.1. The van der Waals surface area contributed by atoms with E-state index in [0.717, 1.165) is 22.0 Å². The van der Waals surface area contributed by atoms with Gasteiger partial charge in [0, 0.05) is 11.1 Å². The fourth-order valence-electron chi connectivity index (χ4n) is 4.09. The average molecular weight is 475 g/mol. The number of anilines is 1. The molecule has 1 N–H and O–H groups in total. The van der Waals surface area contributed by atoms with Gasteiger partial charge in [-0.3, -0.25) is 14.2 Å². The summed E-state index contributed by atoms with van der Waals surface area (Å²) < 4.78 is 16.7. The molecule has 2 aromatic heterocycles. The molecule has 5 aromatic rings. The number of nitrogens with zero attached hydrogens (tertiary/aromatic N) is 3. The molecule has 34 heavy (non-hydrogen) atoms. The maximum atomic E-state index is 13.5. The van der Waals surface area contributed by atoms with E-state index in [9.17, 15) is 14.0 Å². The number of aryl methyl sites for hydroxylation is 1. The van der Waals surface area contributed by atoms with E-state index in [2.05, 4.69) is 10.3 Å². The van der Waals surface area contributed by atoms with E-state index >= 15 is 0 Å². The van der Waals surface area contributed by atoms with Crippen molar-refractivity contribution in [2.45, 2.75) is 20.0 Å². The maximum Gasteiger partial charge on any atom is 0.278 e. The smallest absolute Gasteiger partial charge is 0.278 e. The van der Waals surface area contributed by atoms with Crippen molar-refractivity contribution in [2.24, 2.45) is 0 Å². The van der Waals surface area contributed by atoms with Crippen LogP contribution in [0.5, 0.6) is 0 Å². The van der Waals surface area contributed by atoms with Gasteiger partial charge in [0.15, 0.2) is 0 Å². The van der Waals surface area contributed by atoms with Crippen LogP contribution in [0.1, 0.15) is 11.1 Å². The van der Waals surface area contributed by atoms with Crippen LogP contribution in [0.2, 0.25) is 5.02 Å². The summed E-state index contributed by atoms with van der Waals surface area (Å²) in [7, 11) is 0. The minimum atomic E-state index is -0.567. The molecule has 0 aliphatic rings. The van der Waals surface area contributed by atoms with E-state index in [4.69, 9.17) is 11.6 Å². The molecule has 3 aromatic carbocycles. The zero-order valence-corrected chi connectivity index (χ0v) is 19.0. The minimum Gasteiger partial charge on any atom is -0.325 e. The van der Waals surface area contributed by atoms with Crippen LogP contribution in [0.3, 0.4) is 0 Å². The highest BCUT2D eigenvalue weighted by Gasteiger charge is 2.19. The van der Waals surface area contributed by atoms with Crippen LogP contribution in [0.4, 0.5) is 10.1 Å². The van der Waals surface area contributed by atoms with Gasteiger partial charge in [0.25, 0.3) is 5.56 Å². The second-order valence-electron chi connectivity index (χ2n) is 8.14. The van der Waals surface area contributed by atoms with Gasteiger partial charge in [-0.15, -0.1) is 0 Å². The Hall–Kier alpha value is -3.97. The lowest BCUT2D eigenvalue weighted by Crippen LogP contribution is -2.25. The second kappa shape index (κ2) is 8.76. The quantitative estimate of drug-likeness (QED) is 0.383. The Morgan fingerprint density at radius 3 is 2.65 bits per heavy atom. The summed E-state index contributed by atoms with van der Waals surface area (Å²) in [6.07, 6.45) is 1.55. The summed E-state index contributed by atoms with van der Waals surface area (Å²) in [5.74, 6) is -0.942. The van der Waals surface area contributed by atoms with Crippen molar-refractivity contribution in [3.63, 3.8) is 0 Å². The van der Waals surface area contributed by atoms with Crippen molar-refractivity contribution in [2.75, 3.05) is 5.32 Å². The molecule has 0 bridgehead atoms. The number of nitrogens with one attached hydrogen (secondary N) is 1. The fraction of sp³-hybridized carbons (Fsp3) is 0.115. The number of aromatic nitrogens is 3. The number of halogens is 2. The standard InChI is InChI=1S/C26H20ClFN4O2/c1-16-7-10-22-19(11-16)24-25(26(34)31(15-29-24)13-17-5-3-2-4-6-17)32(22)14-23(33)30-18-8-9-21(28)20(27)12-18/h2-12,15H,13-14H2,1H3,(H,30,33). The number of rotatable bonds is 5. The molecular formula is C26H20ClFN4O2. The molecule has 0 atom stereocenters. The number of hydrogen-bond acceptors (Lipinski definition) is 3. The van der Waals surface area contributed by atoms with E-state index in [0.29, 0.717) is 23.3 Å². The van der Waals surface area contributed by atoms with E-state index in [1.54, 1.807) is 10.9 Å². The van der Waals surface area contributed by atoms with Gasteiger partial charge in [0.2, 0.25) is 5.91 Å². The summed E-state index contributed by atoms with van der Waals surface area (Å²) in [4.78, 5) is 31.1. The Kier molecular flexibility index (Phi) is 5.63. The summed E-state index contributed by atoms with van der Waals surface area (Å²) >= 11 is 5.83. The summed E-state index contributed by atoms with van der Waals surface area (Å²) in [6.45, 7) is 2.21. The molecule has 0 saturated carbocycles. The maximum absolute atomic E-state index is 13.5. The number of carbonyl (C=O) groups is 1. The third-order valence-electron chi connectivity index (χ3n) is 5.68. The molecule has 0 unspecified atom stereocenters. The Bertz CT molecular complexity index is 1610. The van der Waals surface area contributed by atoms with Gasteiger partial charge in [-0.05, 0) is 42.8 Å². The van der Waals surface area contributed by atoms with Crippen LogP contribution in [0.15, 0.2) is 77.9 Å². The van der Waals surface area contributed by atoms with E-state index in [1.165, 1.54) is 22.8 Å². The summed E-state index contributed by atoms with van der Waals surface area (Å²) in [5.41, 5.74) is 3.75. The Balaban J connectivity index is 1.59. The Morgan fingerprint density at radius 2 is 1.88 bits per heavy atom. The predicted molar refractivity (Wildman–Crippen MR) is 132 cm³/mol. The molecule has 0 fully saturated rings. The first kappa shape index (κ1) is 21.9. The zero-order chi connectivity index (χ0) is 23.8.